The van der Waals surface area contributed by atoms with E-state index >= 15 is 0 Å². The second-order valence-electron chi connectivity index (χ2n) is 4.84. The molecule has 0 saturated heterocycles. The molecule has 0 fully saturated rings. The highest BCUT2D eigenvalue weighted by Gasteiger charge is 2.30. The summed E-state index contributed by atoms with van der Waals surface area (Å²) in [5.74, 6) is -1.29. The molecule has 110 valence electrons. The van der Waals surface area contributed by atoms with Crippen molar-refractivity contribution in [3.8, 4) is 5.75 Å². The maximum Gasteiger partial charge on any atom is 0.337 e. The maximum atomic E-state index is 11.5. The average Bonchev–Trinajstić information content (AvgIpc) is 2.38. The van der Waals surface area contributed by atoms with Gasteiger partial charge in [0.25, 0.3) is 5.91 Å². The number of rotatable bonds is 6. The van der Waals surface area contributed by atoms with Crippen molar-refractivity contribution in [3.05, 3.63) is 29.3 Å². The van der Waals surface area contributed by atoms with Gasteiger partial charge in [0.05, 0.1) is 6.54 Å². The van der Waals surface area contributed by atoms with Crippen molar-refractivity contribution in [3.63, 3.8) is 0 Å². The zero-order chi connectivity index (χ0) is 15.3. The van der Waals surface area contributed by atoms with Gasteiger partial charge in [-0.2, -0.15) is 0 Å². The van der Waals surface area contributed by atoms with E-state index in [0.717, 1.165) is 18.1 Å². The van der Waals surface area contributed by atoms with E-state index in [1.807, 2.05) is 26.0 Å². The van der Waals surface area contributed by atoms with E-state index in [4.69, 9.17) is 9.84 Å². The Labute approximate surface area is 117 Å². The summed E-state index contributed by atoms with van der Waals surface area (Å²) >= 11 is 0. The number of aliphatic hydroxyl groups is 1. The van der Waals surface area contributed by atoms with Crippen molar-refractivity contribution in [2.24, 2.45) is 0 Å². The van der Waals surface area contributed by atoms with E-state index < -0.39 is 17.5 Å². The van der Waals surface area contributed by atoms with Crippen LogP contribution in [0.25, 0.3) is 0 Å². The van der Waals surface area contributed by atoms with E-state index in [1.165, 1.54) is 0 Å². The summed E-state index contributed by atoms with van der Waals surface area (Å²) < 4.78 is 5.36. The number of carbonyl (C=O) groups excluding carboxylic acids is 1. The van der Waals surface area contributed by atoms with Gasteiger partial charge < -0.3 is 20.3 Å². The SMILES string of the molecule is Cc1cccc(OCC(=O)NCC(C)(O)C(=O)O)c1C. The molecule has 6 nitrogen and oxygen atoms in total. The fourth-order valence-electron chi connectivity index (χ4n) is 1.42. The normalized spacial score (nSPS) is 13.4. The van der Waals surface area contributed by atoms with Crippen molar-refractivity contribution in [2.75, 3.05) is 13.2 Å². The lowest BCUT2D eigenvalue weighted by Gasteiger charge is -2.18. The molecule has 1 aromatic carbocycles. The Morgan fingerprint density at radius 2 is 2.00 bits per heavy atom. The average molecular weight is 281 g/mol. The second kappa shape index (κ2) is 6.38. The molecule has 20 heavy (non-hydrogen) atoms. The Balaban J connectivity index is 2.48. The van der Waals surface area contributed by atoms with Gasteiger partial charge in [0.2, 0.25) is 0 Å². The van der Waals surface area contributed by atoms with Crippen LogP contribution in [0.5, 0.6) is 5.75 Å². The molecule has 0 bridgehead atoms. The van der Waals surface area contributed by atoms with Crippen molar-refractivity contribution in [1.82, 2.24) is 5.32 Å². The summed E-state index contributed by atoms with van der Waals surface area (Å²) in [7, 11) is 0. The largest absolute Gasteiger partial charge is 0.483 e. The summed E-state index contributed by atoms with van der Waals surface area (Å²) in [6, 6.07) is 5.51. The number of carboxylic acid groups (broad SMARTS) is 1. The van der Waals surface area contributed by atoms with E-state index in [9.17, 15) is 14.7 Å². The highest BCUT2D eigenvalue weighted by Crippen LogP contribution is 2.20. The van der Waals surface area contributed by atoms with Gasteiger partial charge in [-0.15, -0.1) is 0 Å². The lowest BCUT2D eigenvalue weighted by atomic mass is 10.1. The predicted molar refractivity (Wildman–Crippen MR) is 72.7 cm³/mol. The van der Waals surface area contributed by atoms with Gasteiger partial charge in [0.15, 0.2) is 12.2 Å². The lowest BCUT2D eigenvalue weighted by molar-refractivity contribution is -0.156. The molecule has 0 aromatic heterocycles. The minimum absolute atomic E-state index is 0.236. The minimum Gasteiger partial charge on any atom is -0.483 e. The summed E-state index contributed by atoms with van der Waals surface area (Å²) in [6.07, 6.45) is 0. The molecule has 1 amide bonds. The first-order valence-corrected chi connectivity index (χ1v) is 6.15. The first kappa shape index (κ1) is 16.0. The van der Waals surface area contributed by atoms with Crippen molar-refractivity contribution >= 4 is 11.9 Å². The molecular weight excluding hydrogens is 262 g/mol. The number of carbonyl (C=O) groups is 2. The van der Waals surface area contributed by atoms with Crippen LogP contribution in [0.1, 0.15) is 18.1 Å². The van der Waals surface area contributed by atoms with Crippen LogP contribution in [0, 0.1) is 13.8 Å². The molecule has 0 aliphatic rings. The molecule has 0 aliphatic heterocycles. The number of aryl methyl sites for hydroxylation is 1. The third-order valence-corrected chi connectivity index (χ3v) is 3.00. The van der Waals surface area contributed by atoms with Crippen molar-refractivity contribution in [2.45, 2.75) is 26.4 Å². The number of nitrogens with one attached hydrogen (secondary N) is 1. The Hall–Kier alpha value is -2.08. The molecule has 1 atom stereocenters. The maximum absolute atomic E-state index is 11.5. The van der Waals surface area contributed by atoms with Gasteiger partial charge >= 0.3 is 5.97 Å². The molecule has 0 heterocycles. The fraction of sp³-hybridized carbons (Fsp3) is 0.429. The van der Waals surface area contributed by atoms with Crippen LogP contribution in [0.2, 0.25) is 0 Å². The van der Waals surface area contributed by atoms with Crippen LogP contribution >= 0.6 is 0 Å². The summed E-state index contributed by atoms with van der Waals surface area (Å²) in [5.41, 5.74) is 0.00380. The molecule has 1 unspecified atom stereocenters. The van der Waals surface area contributed by atoms with Gasteiger partial charge in [-0.05, 0) is 38.0 Å². The number of hydrogen-bond donors (Lipinski definition) is 3. The number of ether oxygens (including phenoxy) is 1. The quantitative estimate of drug-likeness (QED) is 0.711. The van der Waals surface area contributed by atoms with Crippen LogP contribution in [-0.4, -0.2) is 40.8 Å². The number of hydrogen-bond acceptors (Lipinski definition) is 4. The Morgan fingerprint density at radius 3 is 2.60 bits per heavy atom. The van der Waals surface area contributed by atoms with Crippen LogP contribution in [0.4, 0.5) is 0 Å². The number of amides is 1. The van der Waals surface area contributed by atoms with Crippen LogP contribution in [-0.2, 0) is 9.59 Å². The summed E-state index contributed by atoms with van der Waals surface area (Å²) in [5, 5.41) is 20.5. The molecule has 6 heteroatoms. The Morgan fingerprint density at radius 1 is 1.35 bits per heavy atom. The highest BCUT2D eigenvalue weighted by atomic mass is 16.5. The topological polar surface area (TPSA) is 95.9 Å². The number of aliphatic carboxylic acids is 1. The number of benzene rings is 1. The molecule has 0 radical (unpaired) electrons. The molecule has 3 N–H and O–H groups in total. The van der Waals surface area contributed by atoms with Crippen LogP contribution in [0.3, 0.4) is 0 Å². The smallest absolute Gasteiger partial charge is 0.337 e. The van der Waals surface area contributed by atoms with Gasteiger partial charge in [0.1, 0.15) is 5.75 Å². The third-order valence-electron chi connectivity index (χ3n) is 3.00. The standard InChI is InChI=1S/C14H19NO5/c1-9-5-4-6-11(10(9)2)20-7-12(16)15-8-14(3,19)13(17)18/h4-6,19H,7-8H2,1-3H3,(H,15,16)(H,17,18). The van der Waals surface area contributed by atoms with E-state index in [1.54, 1.807) is 6.07 Å². The molecule has 1 rings (SSSR count). The van der Waals surface area contributed by atoms with Crippen molar-refractivity contribution < 1.29 is 24.5 Å². The predicted octanol–water partition coefficient (Wildman–Crippen LogP) is 0.634. The van der Waals surface area contributed by atoms with Gasteiger partial charge in [-0.3, -0.25) is 4.79 Å². The fourth-order valence-corrected chi connectivity index (χ4v) is 1.42. The first-order chi connectivity index (χ1) is 9.24. The lowest BCUT2D eigenvalue weighted by Crippen LogP contribution is -2.47. The zero-order valence-electron chi connectivity index (χ0n) is 11.8. The Kier molecular flexibility index (Phi) is 5.10. The molecule has 0 saturated carbocycles. The third kappa shape index (κ3) is 4.24. The summed E-state index contributed by atoms with van der Waals surface area (Å²) in [4.78, 5) is 22.2. The van der Waals surface area contributed by atoms with Crippen LogP contribution in [0.15, 0.2) is 18.2 Å². The van der Waals surface area contributed by atoms with Gasteiger partial charge in [-0.1, -0.05) is 12.1 Å². The van der Waals surface area contributed by atoms with Gasteiger partial charge in [-0.25, -0.2) is 4.79 Å². The monoisotopic (exact) mass is 281 g/mol. The molecule has 0 spiro atoms. The number of carboxylic acids is 1. The molecular formula is C14H19NO5. The second-order valence-corrected chi connectivity index (χ2v) is 4.84. The highest BCUT2D eigenvalue weighted by molar-refractivity contribution is 5.80. The van der Waals surface area contributed by atoms with Crippen molar-refractivity contribution in [1.29, 1.82) is 0 Å². The summed E-state index contributed by atoms with van der Waals surface area (Å²) in [6.45, 7) is 4.32. The van der Waals surface area contributed by atoms with E-state index in [-0.39, 0.29) is 13.2 Å². The first-order valence-electron chi connectivity index (χ1n) is 6.15. The van der Waals surface area contributed by atoms with Gasteiger partial charge in [0, 0.05) is 0 Å². The zero-order valence-corrected chi connectivity index (χ0v) is 11.8. The van der Waals surface area contributed by atoms with E-state index in [2.05, 4.69) is 5.32 Å². The molecule has 0 aliphatic carbocycles. The van der Waals surface area contributed by atoms with E-state index in [0.29, 0.717) is 5.75 Å². The molecule has 1 aromatic rings. The Bertz CT molecular complexity index is 510. The minimum atomic E-state index is -1.99. The van der Waals surface area contributed by atoms with Crippen LogP contribution < -0.4 is 10.1 Å².